The number of nitrogens with one attached hydrogen (secondary N) is 1. The Morgan fingerprint density at radius 1 is 1.10 bits per heavy atom. The SMILES string of the molecule is Cc1cc(Nc2cc3cnccc3nc2C(N)=O)cc(C)c1N1CCN(C)CC1. The maximum absolute atomic E-state index is 12.0. The van der Waals surface area contributed by atoms with Crippen molar-refractivity contribution in [1.29, 1.82) is 0 Å². The van der Waals surface area contributed by atoms with Gasteiger partial charge in [0.1, 0.15) is 0 Å². The first-order valence-corrected chi connectivity index (χ1v) is 9.78. The number of carbonyl (C=O) groups is 1. The molecular weight excluding hydrogens is 364 g/mol. The summed E-state index contributed by atoms with van der Waals surface area (Å²) in [6.07, 6.45) is 3.38. The first kappa shape index (κ1) is 19.1. The number of primary amides is 1. The van der Waals surface area contributed by atoms with Gasteiger partial charge in [-0.05, 0) is 56.3 Å². The van der Waals surface area contributed by atoms with Crippen LogP contribution in [0.4, 0.5) is 17.1 Å². The molecule has 3 heterocycles. The molecule has 4 rings (SSSR count). The molecule has 7 nitrogen and oxygen atoms in total. The molecule has 2 aromatic heterocycles. The van der Waals surface area contributed by atoms with E-state index in [1.165, 1.54) is 16.8 Å². The second kappa shape index (κ2) is 7.67. The Kier molecular flexibility index (Phi) is 5.07. The highest BCUT2D eigenvalue weighted by Crippen LogP contribution is 2.31. The summed E-state index contributed by atoms with van der Waals surface area (Å²) in [6.45, 7) is 8.44. The number of benzene rings is 1. The van der Waals surface area contributed by atoms with E-state index in [9.17, 15) is 4.79 Å². The Bertz CT molecular complexity index is 1050. The van der Waals surface area contributed by atoms with Crippen LogP contribution in [0.15, 0.2) is 36.7 Å². The van der Waals surface area contributed by atoms with Crippen molar-refractivity contribution in [3.05, 3.63) is 53.5 Å². The minimum atomic E-state index is -0.561. The van der Waals surface area contributed by atoms with Crippen LogP contribution in [-0.2, 0) is 0 Å². The number of hydrogen-bond acceptors (Lipinski definition) is 6. The minimum Gasteiger partial charge on any atom is -0.369 e. The van der Waals surface area contributed by atoms with E-state index in [1.54, 1.807) is 18.5 Å². The predicted octanol–water partition coefficient (Wildman–Crippen LogP) is 2.84. The number of pyridine rings is 2. The number of likely N-dealkylation sites (N-methyl/N-ethyl adjacent to an activating group) is 1. The molecule has 1 fully saturated rings. The van der Waals surface area contributed by atoms with Crippen molar-refractivity contribution in [3.63, 3.8) is 0 Å². The van der Waals surface area contributed by atoms with Crippen molar-refractivity contribution < 1.29 is 4.79 Å². The highest BCUT2D eigenvalue weighted by Gasteiger charge is 2.19. The van der Waals surface area contributed by atoms with Gasteiger partial charge in [0, 0.05) is 55.3 Å². The molecule has 0 spiro atoms. The Hall–Kier alpha value is -3.19. The normalized spacial score (nSPS) is 14.9. The molecule has 150 valence electrons. The largest absolute Gasteiger partial charge is 0.369 e. The molecule has 1 saturated heterocycles. The highest BCUT2D eigenvalue weighted by molar-refractivity contribution is 6.00. The molecule has 29 heavy (non-hydrogen) atoms. The Morgan fingerprint density at radius 2 is 1.79 bits per heavy atom. The van der Waals surface area contributed by atoms with E-state index >= 15 is 0 Å². The molecule has 0 unspecified atom stereocenters. The summed E-state index contributed by atoms with van der Waals surface area (Å²) in [7, 11) is 2.16. The summed E-state index contributed by atoms with van der Waals surface area (Å²) in [5.74, 6) is -0.561. The third-order valence-electron chi connectivity index (χ3n) is 5.44. The van der Waals surface area contributed by atoms with Gasteiger partial charge in [-0.3, -0.25) is 9.78 Å². The predicted molar refractivity (Wildman–Crippen MR) is 117 cm³/mol. The molecule has 3 N–H and O–H groups in total. The number of piperazine rings is 1. The molecule has 7 heteroatoms. The molecule has 1 aromatic carbocycles. The lowest BCUT2D eigenvalue weighted by atomic mass is 10.0. The molecule has 0 radical (unpaired) electrons. The number of hydrogen-bond donors (Lipinski definition) is 2. The lowest BCUT2D eigenvalue weighted by Gasteiger charge is -2.36. The summed E-state index contributed by atoms with van der Waals surface area (Å²) >= 11 is 0. The van der Waals surface area contributed by atoms with Crippen LogP contribution >= 0.6 is 0 Å². The molecule has 0 bridgehead atoms. The van der Waals surface area contributed by atoms with Gasteiger partial charge in [0.2, 0.25) is 0 Å². The summed E-state index contributed by atoms with van der Waals surface area (Å²) in [5, 5.41) is 4.20. The lowest BCUT2D eigenvalue weighted by molar-refractivity contribution is 0.0997. The van der Waals surface area contributed by atoms with Crippen LogP contribution in [0.2, 0.25) is 0 Å². The van der Waals surface area contributed by atoms with E-state index in [-0.39, 0.29) is 5.69 Å². The number of aryl methyl sites for hydroxylation is 2. The maximum Gasteiger partial charge on any atom is 0.269 e. The second-order valence-corrected chi connectivity index (χ2v) is 7.69. The van der Waals surface area contributed by atoms with E-state index in [1.807, 2.05) is 6.07 Å². The van der Waals surface area contributed by atoms with Gasteiger partial charge in [0.25, 0.3) is 5.91 Å². The first-order chi connectivity index (χ1) is 13.9. The van der Waals surface area contributed by atoms with E-state index in [2.05, 4.69) is 58.1 Å². The number of anilines is 3. The molecule has 0 saturated carbocycles. The molecule has 0 atom stereocenters. The van der Waals surface area contributed by atoms with Crippen LogP contribution in [0, 0.1) is 13.8 Å². The van der Waals surface area contributed by atoms with Gasteiger partial charge in [-0.2, -0.15) is 0 Å². The first-order valence-electron chi connectivity index (χ1n) is 9.78. The van der Waals surface area contributed by atoms with Crippen LogP contribution in [0.25, 0.3) is 10.9 Å². The topological polar surface area (TPSA) is 87.4 Å². The highest BCUT2D eigenvalue weighted by atomic mass is 16.1. The molecule has 3 aromatic rings. The number of nitrogens with zero attached hydrogens (tertiary/aromatic N) is 4. The van der Waals surface area contributed by atoms with Crippen LogP contribution in [0.5, 0.6) is 0 Å². The zero-order chi connectivity index (χ0) is 20.5. The van der Waals surface area contributed by atoms with E-state index in [0.717, 1.165) is 37.3 Å². The number of fused-ring (bicyclic) bond motifs is 1. The van der Waals surface area contributed by atoms with Crippen LogP contribution in [-0.4, -0.2) is 54.0 Å². The average Bonchev–Trinajstić information content (AvgIpc) is 2.68. The van der Waals surface area contributed by atoms with Gasteiger partial charge in [-0.1, -0.05) is 0 Å². The average molecular weight is 390 g/mol. The van der Waals surface area contributed by atoms with Crippen LogP contribution in [0.3, 0.4) is 0 Å². The Morgan fingerprint density at radius 3 is 2.45 bits per heavy atom. The van der Waals surface area contributed by atoms with Gasteiger partial charge in [0.05, 0.1) is 11.2 Å². The number of carbonyl (C=O) groups excluding carboxylic acids is 1. The lowest BCUT2D eigenvalue weighted by Crippen LogP contribution is -2.45. The number of rotatable bonds is 4. The number of aromatic nitrogens is 2. The minimum absolute atomic E-state index is 0.224. The summed E-state index contributed by atoms with van der Waals surface area (Å²) in [4.78, 5) is 25.3. The molecular formula is C22H26N6O. The quantitative estimate of drug-likeness (QED) is 0.712. The van der Waals surface area contributed by atoms with Crippen molar-refractivity contribution in [3.8, 4) is 0 Å². The van der Waals surface area contributed by atoms with Crippen LogP contribution < -0.4 is 16.0 Å². The van der Waals surface area contributed by atoms with Gasteiger partial charge in [0.15, 0.2) is 5.69 Å². The summed E-state index contributed by atoms with van der Waals surface area (Å²) in [5.41, 5.74) is 11.7. The summed E-state index contributed by atoms with van der Waals surface area (Å²) in [6, 6.07) is 7.86. The second-order valence-electron chi connectivity index (χ2n) is 7.69. The van der Waals surface area contributed by atoms with Crippen molar-refractivity contribution in [2.75, 3.05) is 43.4 Å². The Balaban J connectivity index is 1.68. The maximum atomic E-state index is 12.0. The van der Waals surface area contributed by atoms with Crippen LogP contribution in [0.1, 0.15) is 21.6 Å². The van der Waals surface area contributed by atoms with Crippen molar-refractivity contribution in [2.24, 2.45) is 5.73 Å². The fourth-order valence-electron chi connectivity index (χ4n) is 4.01. The molecule has 1 aliphatic heterocycles. The molecule has 1 amide bonds. The van der Waals surface area contributed by atoms with Gasteiger partial charge in [-0.25, -0.2) is 4.98 Å². The van der Waals surface area contributed by atoms with E-state index in [0.29, 0.717) is 11.2 Å². The standard InChI is InChI=1S/C22H26N6O/c1-14-10-17(11-15(2)21(14)28-8-6-27(3)7-9-28)25-19-12-16-13-24-5-4-18(16)26-20(19)22(23)29/h4-5,10-13,25H,6-9H2,1-3H3,(H2,23,29). The number of amides is 1. The third-order valence-corrected chi connectivity index (χ3v) is 5.44. The fraction of sp³-hybridized carbons (Fsp3) is 0.318. The zero-order valence-corrected chi connectivity index (χ0v) is 17.1. The van der Waals surface area contributed by atoms with Gasteiger partial charge in [-0.15, -0.1) is 0 Å². The van der Waals surface area contributed by atoms with Gasteiger partial charge < -0.3 is 20.9 Å². The smallest absolute Gasteiger partial charge is 0.269 e. The third kappa shape index (κ3) is 3.86. The van der Waals surface area contributed by atoms with E-state index < -0.39 is 5.91 Å². The van der Waals surface area contributed by atoms with E-state index in [4.69, 9.17) is 5.73 Å². The van der Waals surface area contributed by atoms with Crippen molar-refractivity contribution >= 4 is 33.9 Å². The fourth-order valence-corrected chi connectivity index (χ4v) is 4.01. The summed E-state index contributed by atoms with van der Waals surface area (Å²) < 4.78 is 0. The zero-order valence-electron chi connectivity index (χ0n) is 17.1. The van der Waals surface area contributed by atoms with Crippen molar-refractivity contribution in [2.45, 2.75) is 13.8 Å². The Labute approximate surface area is 170 Å². The molecule has 1 aliphatic rings. The monoisotopic (exact) mass is 390 g/mol. The number of nitrogens with two attached hydrogens (primary N) is 1. The van der Waals surface area contributed by atoms with Crippen molar-refractivity contribution in [1.82, 2.24) is 14.9 Å². The molecule has 0 aliphatic carbocycles. The van der Waals surface area contributed by atoms with Gasteiger partial charge >= 0.3 is 0 Å².